The van der Waals surface area contributed by atoms with Gasteiger partial charge < -0.3 is 14.5 Å². The quantitative estimate of drug-likeness (QED) is 0.595. The van der Waals surface area contributed by atoms with Crippen molar-refractivity contribution in [1.82, 2.24) is 14.9 Å². The number of benzene rings is 1. The highest BCUT2D eigenvalue weighted by atomic mass is 32.1. The van der Waals surface area contributed by atoms with E-state index in [0.29, 0.717) is 18.3 Å². The summed E-state index contributed by atoms with van der Waals surface area (Å²) in [7, 11) is 1.67. The largest absolute Gasteiger partial charge is 0.377 e. The van der Waals surface area contributed by atoms with Gasteiger partial charge in [-0.15, -0.1) is 11.3 Å². The molecule has 4 heterocycles. The maximum Gasteiger partial charge on any atom is 0.225 e. The lowest BCUT2D eigenvalue weighted by Gasteiger charge is -2.34. The third-order valence-electron chi connectivity index (χ3n) is 6.38. The zero-order valence-corrected chi connectivity index (χ0v) is 18.7. The maximum atomic E-state index is 12.9. The zero-order chi connectivity index (χ0) is 21.2. The fourth-order valence-corrected chi connectivity index (χ4v) is 5.71. The van der Waals surface area contributed by atoms with Crippen LogP contribution in [-0.2, 0) is 16.1 Å². The summed E-state index contributed by atoms with van der Waals surface area (Å²) in [5, 5.41) is 3.29. The highest BCUT2D eigenvalue weighted by Crippen LogP contribution is 2.39. The predicted octanol–water partition coefficient (Wildman–Crippen LogP) is 4.34. The molecule has 1 aromatic carbocycles. The van der Waals surface area contributed by atoms with E-state index in [2.05, 4.69) is 39.4 Å². The first-order chi connectivity index (χ1) is 15.2. The van der Waals surface area contributed by atoms with Crippen LogP contribution in [0.3, 0.4) is 0 Å². The number of fused-ring (bicyclic) bond motifs is 1. The normalized spacial score (nSPS) is 17.6. The molecule has 2 saturated heterocycles. The highest BCUT2D eigenvalue weighted by molar-refractivity contribution is 7.17. The Morgan fingerprint density at radius 2 is 1.84 bits per heavy atom. The topological polar surface area (TPSA) is 58.6 Å². The fourth-order valence-electron chi connectivity index (χ4n) is 4.75. The second-order valence-electron chi connectivity index (χ2n) is 8.39. The van der Waals surface area contributed by atoms with Gasteiger partial charge in [0.1, 0.15) is 17.3 Å². The van der Waals surface area contributed by atoms with Crippen LogP contribution in [0.15, 0.2) is 35.7 Å². The Labute approximate surface area is 186 Å². The van der Waals surface area contributed by atoms with Crippen molar-refractivity contribution in [2.24, 2.45) is 5.92 Å². The molecule has 1 amide bonds. The Bertz CT molecular complexity index is 1050. The second kappa shape index (κ2) is 8.93. The number of hydrogen-bond acceptors (Lipinski definition) is 6. The number of rotatable bonds is 5. The number of hydrogen-bond donors (Lipinski definition) is 0. The lowest BCUT2D eigenvalue weighted by molar-refractivity contribution is -0.135. The number of ether oxygens (including phenoxy) is 1. The molecular weight excluding hydrogens is 408 g/mol. The smallest absolute Gasteiger partial charge is 0.225 e. The highest BCUT2D eigenvalue weighted by Gasteiger charge is 2.31. The van der Waals surface area contributed by atoms with Gasteiger partial charge in [0.15, 0.2) is 5.82 Å². The number of carbonyl (C=O) groups is 1. The van der Waals surface area contributed by atoms with E-state index in [1.54, 1.807) is 18.4 Å². The maximum absolute atomic E-state index is 12.9. The Hall–Kier alpha value is -2.51. The molecular formula is C24H28N4O2S. The van der Waals surface area contributed by atoms with Gasteiger partial charge in [-0.25, -0.2) is 9.97 Å². The Morgan fingerprint density at radius 3 is 2.55 bits per heavy atom. The van der Waals surface area contributed by atoms with E-state index >= 15 is 0 Å². The average molecular weight is 437 g/mol. The summed E-state index contributed by atoms with van der Waals surface area (Å²) in [5.74, 6) is 2.18. The molecule has 0 aliphatic carbocycles. The van der Waals surface area contributed by atoms with Crippen LogP contribution >= 0.6 is 11.3 Å². The Morgan fingerprint density at radius 1 is 1.10 bits per heavy atom. The van der Waals surface area contributed by atoms with E-state index < -0.39 is 0 Å². The molecule has 0 N–H and O–H groups in total. The number of likely N-dealkylation sites (tertiary alicyclic amines) is 1. The lowest BCUT2D eigenvalue weighted by Crippen LogP contribution is -2.42. The molecule has 2 aliphatic rings. The van der Waals surface area contributed by atoms with Gasteiger partial charge in [0.2, 0.25) is 5.91 Å². The minimum atomic E-state index is 0.140. The monoisotopic (exact) mass is 436 g/mol. The molecule has 3 aromatic rings. The van der Waals surface area contributed by atoms with Crippen LogP contribution in [0.25, 0.3) is 21.3 Å². The number of methoxy groups -OCH3 is 1. The average Bonchev–Trinajstić information content (AvgIpc) is 3.49. The van der Waals surface area contributed by atoms with Crippen LogP contribution in [0.4, 0.5) is 5.82 Å². The molecule has 0 bridgehead atoms. The first-order valence-electron chi connectivity index (χ1n) is 11.1. The number of piperidine rings is 1. The number of carbonyl (C=O) groups excluding carboxylic acids is 1. The molecule has 0 spiro atoms. The summed E-state index contributed by atoms with van der Waals surface area (Å²) < 4.78 is 5.33. The van der Waals surface area contributed by atoms with Gasteiger partial charge in [0.05, 0.1) is 5.39 Å². The molecule has 2 fully saturated rings. The van der Waals surface area contributed by atoms with E-state index in [1.807, 2.05) is 6.07 Å². The molecule has 162 valence electrons. The van der Waals surface area contributed by atoms with Crippen molar-refractivity contribution in [3.63, 3.8) is 0 Å². The SMILES string of the molecule is COCc1nc(N2CCC(C(=O)N3CCCC3)CC2)c2c(-c3ccccc3)csc2n1. The van der Waals surface area contributed by atoms with Crippen LogP contribution in [0.1, 0.15) is 31.5 Å². The zero-order valence-electron chi connectivity index (χ0n) is 17.9. The summed E-state index contributed by atoms with van der Waals surface area (Å²) in [6, 6.07) is 10.4. The first kappa shape index (κ1) is 20.4. The first-order valence-corrected chi connectivity index (χ1v) is 12.0. The Kier molecular flexibility index (Phi) is 5.87. The minimum Gasteiger partial charge on any atom is -0.377 e. The minimum absolute atomic E-state index is 0.140. The van der Waals surface area contributed by atoms with Gasteiger partial charge in [0.25, 0.3) is 0 Å². The molecule has 7 heteroatoms. The molecule has 0 radical (unpaired) electrons. The summed E-state index contributed by atoms with van der Waals surface area (Å²) in [6.45, 7) is 3.94. The van der Waals surface area contributed by atoms with Gasteiger partial charge in [-0.2, -0.15) is 0 Å². The van der Waals surface area contributed by atoms with Gasteiger partial charge in [-0.3, -0.25) is 4.79 Å². The van der Waals surface area contributed by atoms with Crippen LogP contribution in [0.5, 0.6) is 0 Å². The molecule has 2 aromatic heterocycles. The van der Waals surface area contributed by atoms with Gasteiger partial charge in [0, 0.05) is 50.2 Å². The molecule has 0 atom stereocenters. The van der Waals surface area contributed by atoms with Gasteiger partial charge in [-0.1, -0.05) is 30.3 Å². The number of nitrogens with zero attached hydrogens (tertiary/aromatic N) is 4. The molecule has 2 aliphatic heterocycles. The third-order valence-corrected chi connectivity index (χ3v) is 7.25. The fraction of sp³-hybridized carbons (Fsp3) is 0.458. The Balaban J connectivity index is 1.45. The molecule has 0 unspecified atom stereocenters. The van der Waals surface area contributed by atoms with E-state index in [1.165, 1.54) is 11.1 Å². The van der Waals surface area contributed by atoms with Crippen molar-refractivity contribution in [2.45, 2.75) is 32.3 Å². The summed E-state index contributed by atoms with van der Waals surface area (Å²) in [6.07, 6.45) is 4.05. The van der Waals surface area contributed by atoms with Crippen molar-refractivity contribution in [2.75, 3.05) is 38.2 Å². The number of thiophene rings is 1. The van der Waals surface area contributed by atoms with Crippen molar-refractivity contribution < 1.29 is 9.53 Å². The molecule has 31 heavy (non-hydrogen) atoms. The summed E-state index contributed by atoms with van der Waals surface area (Å²) in [5.41, 5.74) is 2.35. The summed E-state index contributed by atoms with van der Waals surface area (Å²) in [4.78, 5) is 27.9. The van der Waals surface area contributed by atoms with Crippen molar-refractivity contribution in [3.05, 3.63) is 41.5 Å². The van der Waals surface area contributed by atoms with Crippen LogP contribution in [-0.4, -0.2) is 54.1 Å². The number of amides is 1. The van der Waals surface area contributed by atoms with E-state index in [0.717, 1.165) is 67.9 Å². The predicted molar refractivity (Wildman–Crippen MR) is 124 cm³/mol. The van der Waals surface area contributed by atoms with Crippen LogP contribution < -0.4 is 4.90 Å². The molecule has 0 saturated carbocycles. The summed E-state index contributed by atoms with van der Waals surface area (Å²) >= 11 is 1.66. The van der Waals surface area contributed by atoms with Gasteiger partial charge >= 0.3 is 0 Å². The van der Waals surface area contributed by atoms with E-state index in [-0.39, 0.29) is 5.92 Å². The van der Waals surface area contributed by atoms with Gasteiger partial charge in [-0.05, 0) is 31.2 Å². The second-order valence-corrected chi connectivity index (χ2v) is 9.24. The lowest BCUT2D eigenvalue weighted by atomic mass is 9.95. The number of anilines is 1. The van der Waals surface area contributed by atoms with Crippen LogP contribution in [0.2, 0.25) is 0 Å². The van der Waals surface area contributed by atoms with Crippen molar-refractivity contribution in [1.29, 1.82) is 0 Å². The standard InChI is InChI=1S/C24H28N4O2S/c1-30-15-20-25-22(21-19(16-31-23(21)26-20)17-7-3-2-4-8-17)27-13-9-18(10-14-27)24(29)28-11-5-6-12-28/h2-4,7-8,16,18H,5-6,9-15H2,1H3. The van der Waals surface area contributed by atoms with E-state index in [4.69, 9.17) is 14.7 Å². The van der Waals surface area contributed by atoms with E-state index in [9.17, 15) is 4.79 Å². The van der Waals surface area contributed by atoms with Crippen LogP contribution in [0, 0.1) is 5.92 Å². The van der Waals surface area contributed by atoms with Crippen molar-refractivity contribution in [3.8, 4) is 11.1 Å². The molecule has 5 rings (SSSR count). The number of aromatic nitrogens is 2. The van der Waals surface area contributed by atoms with Crippen molar-refractivity contribution >= 4 is 33.3 Å². The third kappa shape index (κ3) is 4.04. The molecule has 6 nitrogen and oxygen atoms in total.